The highest BCUT2D eigenvalue weighted by molar-refractivity contribution is 7.18. The molecule has 1 N–H and O–H groups in total. The molecule has 0 saturated carbocycles. The Morgan fingerprint density at radius 3 is 2.25 bits per heavy atom. The second kappa shape index (κ2) is 7.78. The van der Waals surface area contributed by atoms with Crippen LogP contribution in [0.4, 0.5) is 0 Å². The van der Waals surface area contributed by atoms with E-state index < -0.39 is 5.92 Å². The molecule has 0 bridgehead atoms. The Morgan fingerprint density at radius 1 is 1.07 bits per heavy atom. The van der Waals surface area contributed by atoms with Crippen LogP contribution in [0.1, 0.15) is 28.8 Å². The summed E-state index contributed by atoms with van der Waals surface area (Å²) in [5, 5.41) is 0.528. The Hall–Kier alpha value is -3.25. The monoisotopic (exact) mass is 389 g/mol. The molecule has 0 unspecified atom stereocenters. The zero-order chi connectivity index (χ0) is 19.5. The summed E-state index contributed by atoms with van der Waals surface area (Å²) in [7, 11) is 0. The number of nitrogens with one attached hydrogen (secondary N) is 1. The number of amides is 1. The summed E-state index contributed by atoms with van der Waals surface area (Å²) in [4.78, 5) is 32.1. The number of aryl methyl sites for hydroxylation is 1. The normalized spacial score (nSPS) is 11.1. The van der Waals surface area contributed by atoms with E-state index in [2.05, 4.69) is 10.4 Å². The predicted molar refractivity (Wildman–Crippen MR) is 112 cm³/mol. The minimum atomic E-state index is -0.529. The smallest absolute Gasteiger partial charge is 0.272 e. The van der Waals surface area contributed by atoms with E-state index in [1.54, 1.807) is 0 Å². The van der Waals surface area contributed by atoms with Crippen LogP contribution in [0.5, 0.6) is 0 Å². The molecule has 0 spiro atoms. The van der Waals surface area contributed by atoms with E-state index in [1.165, 1.54) is 22.3 Å². The largest absolute Gasteiger partial charge is 0.280 e. The fourth-order valence-electron chi connectivity index (χ4n) is 3.20. The molecule has 0 atom stereocenters. The minimum Gasteiger partial charge on any atom is -0.272 e. The third-order valence-electron chi connectivity index (χ3n) is 4.61. The fraction of sp³-hybridized carbons (Fsp3) is 0.136. The summed E-state index contributed by atoms with van der Waals surface area (Å²) in [5.41, 5.74) is 4.18. The summed E-state index contributed by atoms with van der Waals surface area (Å²) < 4.78 is 1.18. The molecule has 0 fully saturated rings. The first-order valence-corrected chi connectivity index (χ1v) is 9.90. The van der Waals surface area contributed by atoms with Crippen LogP contribution in [0.2, 0.25) is 0 Å². The molecule has 6 heteroatoms. The number of rotatable bonds is 5. The van der Waals surface area contributed by atoms with Crippen molar-refractivity contribution in [1.82, 2.24) is 9.66 Å². The Labute approximate surface area is 166 Å². The van der Waals surface area contributed by atoms with E-state index in [0.717, 1.165) is 22.4 Å². The molecule has 5 nitrogen and oxygen atoms in total. The van der Waals surface area contributed by atoms with Gasteiger partial charge in [-0.25, -0.2) is 9.66 Å². The van der Waals surface area contributed by atoms with Crippen molar-refractivity contribution in [2.45, 2.75) is 19.3 Å². The summed E-state index contributed by atoms with van der Waals surface area (Å²) in [6.07, 6.45) is 2.22. The molecule has 0 aliphatic rings. The maximum Gasteiger partial charge on any atom is 0.280 e. The highest BCUT2D eigenvalue weighted by atomic mass is 32.1. The van der Waals surface area contributed by atoms with Gasteiger partial charge in [-0.2, -0.15) is 0 Å². The molecule has 0 saturated heterocycles. The lowest BCUT2D eigenvalue weighted by Crippen LogP contribution is -2.36. The number of hydrogen-bond donors (Lipinski definition) is 1. The summed E-state index contributed by atoms with van der Waals surface area (Å²) >= 11 is 1.50. The van der Waals surface area contributed by atoms with E-state index in [4.69, 9.17) is 0 Å². The van der Waals surface area contributed by atoms with E-state index in [1.807, 2.05) is 73.7 Å². The molecule has 0 radical (unpaired) electrons. The van der Waals surface area contributed by atoms with Gasteiger partial charge < -0.3 is 0 Å². The molecule has 1 amide bonds. The molecule has 2 aromatic heterocycles. The van der Waals surface area contributed by atoms with Crippen molar-refractivity contribution in [2.75, 3.05) is 5.43 Å². The van der Waals surface area contributed by atoms with Crippen molar-refractivity contribution < 1.29 is 4.79 Å². The van der Waals surface area contributed by atoms with E-state index in [-0.39, 0.29) is 11.5 Å². The maximum absolute atomic E-state index is 13.2. The van der Waals surface area contributed by atoms with E-state index in [9.17, 15) is 9.59 Å². The topological polar surface area (TPSA) is 64.0 Å². The van der Waals surface area contributed by atoms with Gasteiger partial charge in [0.15, 0.2) is 0 Å². The first kappa shape index (κ1) is 18.1. The molecule has 2 heterocycles. The van der Waals surface area contributed by atoms with Crippen molar-refractivity contribution in [3.8, 4) is 0 Å². The second-order valence-electron chi connectivity index (χ2n) is 6.44. The van der Waals surface area contributed by atoms with Gasteiger partial charge in [-0.15, -0.1) is 11.3 Å². The summed E-state index contributed by atoms with van der Waals surface area (Å²) in [6, 6.07) is 20.9. The Kier molecular flexibility index (Phi) is 5.04. The van der Waals surface area contributed by atoms with Gasteiger partial charge in [-0.05, 0) is 23.6 Å². The lowest BCUT2D eigenvalue weighted by Gasteiger charge is -2.18. The molecule has 4 aromatic rings. The lowest BCUT2D eigenvalue weighted by atomic mass is 9.91. The maximum atomic E-state index is 13.2. The number of nitrogens with zero attached hydrogens (tertiary/aromatic N) is 2. The predicted octanol–water partition coefficient (Wildman–Crippen LogP) is 3.92. The SMILES string of the molecule is CCc1cc2c(=O)n(NC(=O)C(c3ccccc3)c3ccccc3)cnc2s1. The van der Waals surface area contributed by atoms with Gasteiger partial charge in [-0.1, -0.05) is 67.6 Å². The zero-order valence-electron chi connectivity index (χ0n) is 15.3. The molecule has 2 aromatic carbocycles. The standard InChI is InChI=1S/C22H19N3O2S/c1-2-17-13-18-21(28-17)23-14-25(22(18)27)24-20(26)19(15-9-5-3-6-10-15)16-11-7-4-8-12-16/h3-14,19H,2H2,1H3,(H,24,26). The number of benzene rings is 2. The number of fused-ring (bicyclic) bond motifs is 1. The minimum absolute atomic E-state index is 0.269. The quantitative estimate of drug-likeness (QED) is 0.563. The Balaban J connectivity index is 1.71. The fourth-order valence-corrected chi connectivity index (χ4v) is 4.12. The van der Waals surface area contributed by atoms with Crippen LogP contribution in [0.25, 0.3) is 10.2 Å². The number of carbonyl (C=O) groups excluding carboxylic acids is 1. The van der Waals surface area contributed by atoms with Crippen LogP contribution in [-0.2, 0) is 11.2 Å². The third kappa shape index (κ3) is 3.46. The van der Waals surface area contributed by atoms with Crippen LogP contribution in [0, 0.1) is 0 Å². The summed E-state index contributed by atoms with van der Waals surface area (Å²) in [5.74, 6) is -0.815. The van der Waals surface area contributed by atoms with Gasteiger partial charge in [0, 0.05) is 4.88 Å². The van der Waals surface area contributed by atoms with E-state index in [0.29, 0.717) is 10.2 Å². The van der Waals surface area contributed by atoms with Crippen molar-refractivity contribution >= 4 is 27.5 Å². The van der Waals surface area contributed by atoms with Gasteiger partial charge in [-0.3, -0.25) is 15.0 Å². The molecule has 0 aliphatic heterocycles. The van der Waals surface area contributed by atoms with Gasteiger partial charge in [0.1, 0.15) is 11.2 Å². The first-order valence-electron chi connectivity index (χ1n) is 9.08. The van der Waals surface area contributed by atoms with Gasteiger partial charge in [0.2, 0.25) is 0 Å². The number of thiophene rings is 1. The number of carbonyl (C=O) groups is 1. The van der Waals surface area contributed by atoms with Crippen LogP contribution in [0.15, 0.2) is 77.9 Å². The van der Waals surface area contributed by atoms with Crippen LogP contribution in [-0.4, -0.2) is 15.6 Å². The van der Waals surface area contributed by atoms with Crippen molar-refractivity contribution in [3.63, 3.8) is 0 Å². The Bertz CT molecular complexity index is 1130. The highest BCUT2D eigenvalue weighted by Crippen LogP contribution is 2.25. The molecule has 28 heavy (non-hydrogen) atoms. The average Bonchev–Trinajstić information content (AvgIpc) is 3.16. The molecular formula is C22H19N3O2S. The highest BCUT2D eigenvalue weighted by Gasteiger charge is 2.23. The molecule has 4 rings (SSSR count). The Morgan fingerprint density at radius 2 is 1.68 bits per heavy atom. The number of aromatic nitrogens is 2. The molecule has 0 aliphatic carbocycles. The third-order valence-corrected chi connectivity index (χ3v) is 5.80. The molecular weight excluding hydrogens is 370 g/mol. The van der Waals surface area contributed by atoms with Gasteiger partial charge in [0.05, 0.1) is 11.3 Å². The molecule has 140 valence electrons. The first-order chi connectivity index (χ1) is 13.7. The lowest BCUT2D eigenvalue weighted by molar-refractivity contribution is -0.117. The number of hydrogen-bond acceptors (Lipinski definition) is 4. The summed E-state index contributed by atoms with van der Waals surface area (Å²) in [6.45, 7) is 2.04. The van der Waals surface area contributed by atoms with Gasteiger partial charge >= 0.3 is 0 Å². The average molecular weight is 389 g/mol. The zero-order valence-corrected chi connectivity index (χ0v) is 16.1. The van der Waals surface area contributed by atoms with Gasteiger partial charge in [0.25, 0.3) is 11.5 Å². The van der Waals surface area contributed by atoms with Crippen LogP contribution < -0.4 is 11.0 Å². The van der Waals surface area contributed by atoms with Crippen LogP contribution in [0.3, 0.4) is 0 Å². The van der Waals surface area contributed by atoms with Crippen LogP contribution >= 0.6 is 11.3 Å². The van der Waals surface area contributed by atoms with E-state index >= 15 is 0 Å². The van der Waals surface area contributed by atoms with Crippen molar-refractivity contribution in [2.24, 2.45) is 0 Å². The van der Waals surface area contributed by atoms with Crippen molar-refractivity contribution in [3.05, 3.63) is 99.4 Å². The van der Waals surface area contributed by atoms with Crippen molar-refractivity contribution in [1.29, 1.82) is 0 Å². The second-order valence-corrected chi connectivity index (χ2v) is 7.55.